The molecule has 2 amide bonds. The number of benzene rings is 1. The summed E-state index contributed by atoms with van der Waals surface area (Å²) < 4.78 is 5.14. The Morgan fingerprint density at radius 1 is 1.16 bits per heavy atom. The van der Waals surface area contributed by atoms with Crippen molar-refractivity contribution in [3.63, 3.8) is 0 Å². The number of piperidine rings is 1. The summed E-state index contributed by atoms with van der Waals surface area (Å²) in [5, 5.41) is 2.81. The molecule has 1 aliphatic heterocycles. The average Bonchev–Trinajstić information content (AvgIpc) is 3.14. The number of primary amides is 1. The van der Waals surface area contributed by atoms with Gasteiger partial charge in [-0.25, -0.2) is 0 Å². The van der Waals surface area contributed by atoms with Crippen LogP contribution in [0.1, 0.15) is 18.6 Å². The molecule has 0 radical (unpaired) electrons. The summed E-state index contributed by atoms with van der Waals surface area (Å²) in [4.78, 5) is 25.3. The topological polar surface area (TPSA) is 88.6 Å². The van der Waals surface area contributed by atoms with Crippen LogP contribution in [-0.2, 0) is 9.59 Å². The smallest absolute Gasteiger partial charge is 0.248 e. The van der Waals surface area contributed by atoms with E-state index in [9.17, 15) is 9.59 Å². The highest BCUT2D eigenvalue weighted by Crippen LogP contribution is 2.24. The Bertz CT molecular complexity index is 743. The Balaban J connectivity index is 1.54. The lowest BCUT2D eigenvalue weighted by atomic mass is 9.96. The number of carbonyl (C=O) groups excluding carboxylic acids is 2. The zero-order valence-corrected chi connectivity index (χ0v) is 13.9. The average molecular weight is 339 g/mol. The van der Waals surface area contributed by atoms with E-state index >= 15 is 0 Å². The van der Waals surface area contributed by atoms with Crippen LogP contribution in [-0.4, -0.2) is 24.9 Å². The van der Waals surface area contributed by atoms with Gasteiger partial charge >= 0.3 is 0 Å². The summed E-state index contributed by atoms with van der Waals surface area (Å²) in [7, 11) is 0. The molecule has 0 bridgehead atoms. The van der Waals surface area contributed by atoms with Crippen molar-refractivity contribution < 1.29 is 14.0 Å². The van der Waals surface area contributed by atoms with Crippen molar-refractivity contribution in [2.75, 3.05) is 23.3 Å². The summed E-state index contributed by atoms with van der Waals surface area (Å²) in [6.07, 6.45) is 6.17. The molecule has 2 aromatic rings. The quantitative estimate of drug-likeness (QED) is 0.820. The molecule has 1 aromatic heterocycles. The van der Waals surface area contributed by atoms with Crippen molar-refractivity contribution in [3.05, 3.63) is 54.5 Å². The molecule has 1 saturated heterocycles. The van der Waals surface area contributed by atoms with E-state index in [-0.39, 0.29) is 17.7 Å². The molecular weight excluding hydrogens is 318 g/mol. The zero-order valence-electron chi connectivity index (χ0n) is 13.9. The van der Waals surface area contributed by atoms with Gasteiger partial charge in [0, 0.05) is 36.5 Å². The summed E-state index contributed by atoms with van der Waals surface area (Å²) in [5.41, 5.74) is 7.17. The SMILES string of the molecule is NC(=O)C1CCN(c2ccc(NC(=O)C=Cc3ccco3)cc2)CC1. The van der Waals surface area contributed by atoms with Crippen LogP contribution in [0.25, 0.3) is 6.08 Å². The normalized spacial score (nSPS) is 15.4. The minimum absolute atomic E-state index is 0.0178. The maximum Gasteiger partial charge on any atom is 0.248 e. The molecule has 0 unspecified atom stereocenters. The molecule has 0 spiro atoms. The molecule has 2 heterocycles. The van der Waals surface area contributed by atoms with Gasteiger partial charge < -0.3 is 20.4 Å². The summed E-state index contributed by atoms with van der Waals surface area (Å²) in [6.45, 7) is 1.62. The Hall–Kier alpha value is -3.02. The van der Waals surface area contributed by atoms with Gasteiger partial charge in [0.15, 0.2) is 0 Å². The van der Waals surface area contributed by atoms with Crippen molar-refractivity contribution in [3.8, 4) is 0 Å². The van der Waals surface area contributed by atoms with E-state index in [1.54, 1.807) is 24.5 Å². The first-order chi connectivity index (χ1) is 12.1. The number of anilines is 2. The first-order valence-electron chi connectivity index (χ1n) is 8.29. The van der Waals surface area contributed by atoms with E-state index in [2.05, 4.69) is 10.2 Å². The van der Waals surface area contributed by atoms with E-state index in [4.69, 9.17) is 10.2 Å². The molecule has 0 aliphatic carbocycles. The maximum absolute atomic E-state index is 11.9. The molecule has 25 heavy (non-hydrogen) atoms. The lowest BCUT2D eigenvalue weighted by molar-refractivity contribution is -0.122. The minimum Gasteiger partial charge on any atom is -0.465 e. The van der Waals surface area contributed by atoms with Crippen LogP contribution < -0.4 is 16.0 Å². The van der Waals surface area contributed by atoms with Gasteiger partial charge in [0.1, 0.15) is 5.76 Å². The van der Waals surface area contributed by atoms with Crippen molar-refractivity contribution in [2.24, 2.45) is 11.7 Å². The van der Waals surface area contributed by atoms with Crippen LogP contribution in [0.3, 0.4) is 0 Å². The Morgan fingerprint density at radius 2 is 1.88 bits per heavy atom. The Labute approximate surface area is 146 Å². The lowest BCUT2D eigenvalue weighted by Crippen LogP contribution is -2.38. The van der Waals surface area contributed by atoms with Crippen LogP contribution in [0.4, 0.5) is 11.4 Å². The van der Waals surface area contributed by atoms with Crippen molar-refractivity contribution in [1.29, 1.82) is 0 Å². The van der Waals surface area contributed by atoms with Gasteiger partial charge in [-0.05, 0) is 55.3 Å². The minimum atomic E-state index is -0.216. The molecule has 6 heteroatoms. The van der Waals surface area contributed by atoms with Gasteiger partial charge in [-0.1, -0.05) is 0 Å². The Morgan fingerprint density at radius 3 is 2.48 bits per heavy atom. The molecule has 0 saturated carbocycles. The van der Waals surface area contributed by atoms with E-state index in [0.717, 1.165) is 37.3 Å². The number of nitrogens with zero attached hydrogens (tertiary/aromatic N) is 1. The van der Waals surface area contributed by atoms with Crippen LogP contribution >= 0.6 is 0 Å². The fourth-order valence-corrected chi connectivity index (χ4v) is 2.91. The number of carbonyl (C=O) groups is 2. The van der Waals surface area contributed by atoms with E-state index in [1.807, 2.05) is 24.3 Å². The number of amides is 2. The molecule has 0 atom stereocenters. The van der Waals surface area contributed by atoms with Crippen LogP contribution in [0.15, 0.2) is 53.2 Å². The molecule has 3 N–H and O–H groups in total. The fourth-order valence-electron chi connectivity index (χ4n) is 2.91. The number of rotatable bonds is 5. The van der Waals surface area contributed by atoms with Crippen LogP contribution in [0.2, 0.25) is 0 Å². The van der Waals surface area contributed by atoms with E-state index in [0.29, 0.717) is 5.76 Å². The second-order valence-electron chi connectivity index (χ2n) is 6.05. The van der Waals surface area contributed by atoms with Gasteiger partial charge in [-0.2, -0.15) is 0 Å². The van der Waals surface area contributed by atoms with Crippen molar-refractivity contribution in [2.45, 2.75) is 12.8 Å². The number of nitrogens with two attached hydrogens (primary N) is 1. The third-order valence-corrected chi connectivity index (χ3v) is 4.34. The fraction of sp³-hybridized carbons (Fsp3) is 0.263. The standard InChI is InChI=1S/C19H21N3O3/c20-19(24)14-9-11-22(12-10-14)16-5-3-15(4-6-16)21-18(23)8-7-17-2-1-13-25-17/h1-8,13-14H,9-12H2,(H2,20,24)(H,21,23). The van der Waals surface area contributed by atoms with E-state index < -0.39 is 0 Å². The summed E-state index contributed by atoms with van der Waals surface area (Å²) in [5.74, 6) is 0.187. The zero-order chi connectivity index (χ0) is 17.6. The monoisotopic (exact) mass is 339 g/mol. The molecule has 1 fully saturated rings. The third kappa shape index (κ3) is 4.50. The van der Waals surface area contributed by atoms with Gasteiger partial charge in [-0.3, -0.25) is 9.59 Å². The molecule has 6 nitrogen and oxygen atoms in total. The highest BCUT2D eigenvalue weighted by molar-refractivity contribution is 6.01. The largest absolute Gasteiger partial charge is 0.465 e. The van der Waals surface area contributed by atoms with Crippen LogP contribution in [0.5, 0.6) is 0 Å². The van der Waals surface area contributed by atoms with E-state index in [1.165, 1.54) is 6.08 Å². The number of hydrogen-bond acceptors (Lipinski definition) is 4. The highest BCUT2D eigenvalue weighted by Gasteiger charge is 2.23. The molecule has 3 rings (SSSR count). The molecular formula is C19H21N3O3. The maximum atomic E-state index is 11.9. The lowest BCUT2D eigenvalue weighted by Gasteiger charge is -2.32. The van der Waals surface area contributed by atoms with Gasteiger partial charge in [-0.15, -0.1) is 0 Å². The number of hydrogen-bond donors (Lipinski definition) is 2. The number of nitrogens with one attached hydrogen (secondary N) is 1. The van der Waals surface area contributed by atoms with Gasteiger partial charge in [0.05, 0.1) is 6.26 Å². The Kier molecular flexibility index (Phi) is 5.18. The second kappa shape index (κ2) is 7.70. The molecule has 1 aromatic carbocycles. The number of furan rings is 1. The second-order valence-corrected chi connectivity index (χ2v) is 6.05. The van der Waals surface area contributed by atoms with Crippen molar-refractivity contribution in [1.82, 2.24) is 0 Å². The summed E-state index contributed by atoms with van der Waals surface area (Å²) in [6, 6.07) is 11.2. The predicted molar refractivity (Wildman–Crippen MR) is 96.9 cm³/mol. The predicted octanol–water partition coefficient (Wildman–Crippen LogP) is 2.63. The summed E-state index contributed by atoms with van der Waals surface area (Å²) >= 11 is 0. The van der Waals surface area contributed by atoms with Gasteiger partial charge in [0.25, 0.3) is 0 Å². The van der Waals surface area contributed by atoms with Crippen molar-refractivity contribution >= 4 is 29.3 Å². The molecule has 1 aliphatic rings. The first kappa shape index (κ1) is 16.8. The molecule has 130 valence electrons. The van der Waals surface area contributed by atoms with Crippen LogP contribution in [0, 0.1) is 5.92 Å². The highest BCUT2D eigenvalue weighted by atomic mass is 16.3. The first-order valence-corrected chi connectivity index (χ1v) is 8.29. The third-order valence-electron chi connectivity index (χ3n) is 4.34. The van der Waals surface area contributed by atoms with Gasteiger partial charge in [0.2, 0.25) is 11.8 Å².